The van der Waals surface area contributed by atoms with Crippen LogP contribution in [0.2, 0.25) is 0 Å². The third-order valence-corrected chi connectivity index (χ3v) is 8.46. The van der Waals surface area contributed by atoms with Gasteiger partial charge in [0.2, 0.25) is 0 Å². The van der Waals surface area contributed by atoms with Crippen molar-refractivity contribution in [3.8, 4) is 0 Å². The summed E-state index contributed by atoms with van der Waals surface area (Å²) in [4.78, 5) is 71.3. The van der Waals surface area contributed by atoms with Crippen molar-refractivity contribution in [1.82, 2.24) is 10.2 Å². The number of nitrogens with two attached hydrogens (primary N) is 2. The van der Waals surface area contributed by atoms with Gasteiger partial charge in [-0.2, -0.15) is 4.99 Å². The van der Waals surface area contributed by atoms with Crippen LogP contribution in [-0.4, -0.2) is 84.5 Å². The maximum atomic E-state index is 14.2. The lowest BCUT2D eigenvalue weighted by atomic mass is 9.78. The molecule has 1 saturated heterocycles. The van der Waals surface area contributed by atoms with Gasteiger partial charge in [-0.25, -0.2) is 14.4 Å². The highest BCUT2D eigenvalue weighted by molar-refractivity contribution is 6.11. The number of aliphatic imine (C=N–C) groups is 1. The van der Waals surface area contributed by atoms with E-state index in [9.17, 15) is 24.0 Å². The maximum Gasteiger partial charge on any atom is 0.435 e. The summed E-state index contributed by atoms with van der Waals surface area (Å²) in [5, 5.41) is 2.93. The van der Waals surface area contributed by atoms with Gasteiger partial charge >= 0.3 is 18.0 Å². The molecule has 2 amide bonds. The first kappa shape index (κ1) is 38.5. The van der Waals surface area contributed by atoms with E-state index in [0.717, 1.165) is 0 Å². The van der Waals surface area contributed by atoms with Gasteiger partial charge in [0.1, 0.15) is 23.7 Å². The van der Waals surface area contributed by atoms with Crippen LogP contribution in [0.15, 0.2) is 77.1 Å². The Morgan fingerprint density at radius 1 is 0.961 bits per heavy atom. The Morgan fingerprint density at radius 2 is 1.61 bits per heavy atom. The van der Waals surface area contributed by atoms with Gasteiger partial charge in [-0.1, -0.05) is 37.3 Å². The van der Waals surface area contributed by atoms with Gasteiger partial charge in [0.15, 0.2) is 5.78 Å². The van der Waals surface area contributed by atoms with Crippen LogP contribution in [0.5, 0.6) is 0 Å². The fourth-order valence-electron chi connectivity index (χ4n) is 6.09. The monoisotopic (exact) mass is 703 g/mol. The Bertz CT molecular complexity index is 1730. The number of esters is 2. The molecule has 1 aliphatic carbocycles. The number of nitrogen functional groups attached to an aromatic ring is 1. The number of allylic oxidation sites excluding steroid dienone is 2. The van der Waals surface area contributed by atoms with Gasteiger partial charge in [0, 0.05) is 42.9 Å². The van der Waals surface area contributed by atoms with Crippen LogP contribution >= 0.6 is 0 Å². The number of rotatable bonds is 13. The molecule has 14 heteroatoms. The summed E-state index contributed by atoms with van der Waals surface area (Å²) in [6.07, 6.45) is 2.59. The molecule has 4 rings (SSSR count). The molecule has 2 aromatic rings. The lowest BCUT2D eigenvalue weighted by molar-refractivity contribution is -0.156. The SMILES string of the molecule is CCOC(=O)/N=C(\N)c1ccccc1C(=O)NC1=CC=C(OC(=O)c2ccccc2N)CC1(C(=O)CC)N1CCC(OCC(=O)OC(C)C)CC1. The van der Waals surface area contributed by atoms with Crippen LogP contribution in [0.25, 0.3) is 0 Å². The molecule has 1 unspecified atom stereocenters. The molecule has 0 bridgehead atoms. The molecule has 0 saturated carbocycles. The first-order valence-electron chi connectivity index (χ1n) is 16.9. The predicted octanol–water partition coefficient (Wildman–Crippen LogP) is 4.04. The van der Waals surface area contributed by atoms with Crippen molar-refractivity contribution in [2.75, 3.05) is 32.0 Å². The largest absolute Gasteiger partial charge is 0.461 e. The van der Waals surface area contributed by atoms with Gasteiger partial charge < -0.3 is 35.7 Å². The van der Waals surface area contributed by atoms with Gasteiger partial charge in [-0.15, -0.1) is 0 Å². The summed E-state index contributed by atoms with van der Waals surface area (Å²) in [5.41, 5.74) is 11.6. The minimum Gasteiger partial charge on any atom is -0.461 e. The standard InChI is InChI=1S/C37H45N5O9/c1-5-31(43)37(42-19-17-24(18-20-42)49-22-32(44)50-23(3)4)21-25(51-35(46)28-13-9-10-14-29(28)38)15-16-30(37)40-34(45)27-12-8-7-11-26(27)33(39)41-36(47)48-6-2/h7-16,23-24H,5-6,17-22,38H2,1-4H3,(H,40,45)(H2,39,41,47). The van der Waals surface area contributed by atoms with E-state index >= 15 is 0 Å². The molecule has 1 fully saturated rings. The van der Waals surface area contributed by atoms with Crippen molar-refractivity contribution in [2.24, 2.45) is 10.7 Å². The Labute approximate surface area is 296 Å². The second-order valence-corrected chi connectivity index (χ2v) is 12.2. The van der Waals surface area contributed by atoms with Crippen molar-refractivity contribution < 1.29 is 42.9 Å². The van der Waals surface area contributed by atoms with Crippen LogP contribution in [-0.2, 0) is 28.5 Å². The van der Waals surface area contributed by atoms with Gasteiger partial charge in [0.05, 0.1) is 29.9 Å². The van der Waals surface area contributed by atoms with E-state index in [-0.39, 0.29) is 83.7 Å². The highest BCUT2D eigenvalue weighted by Gasteiger charge is 2.50. The number of nitrogens with zero attached hydrogens (tertiary/aromatic N) is 2. The van der Waals surface area contributed by atoms with E-state index < -0.39 is 29.5 Å². The van der Waals surface area contributed by atoms with Gasteiger partial charge in [-0.3, -0.25) is 14.5 Å². The second-order valence-electron chi connectivity index (χ2n) is 12.2. The van der Waals surface area contributed by atoms with E-state index in [1.807, 2.05) is 4.90 Å². The van der Waals surface area contributed by atoms with E-state index in [0.29, 0.717) is 25.9 Å². The van der Waals surface area contributed by atoms with Crippen LogP contribution in [0, 0.1) is 0 Å². The topological polar surface area (TPSA) is 202 Å². The predicted molar refractivity (Wildman–Crippen MR) is 189 cm³/mol. The van der Waals surface area contributed by atoms with Gasteiger partial charge in [-0.05, 0) is 64.0 Å². The lowest BCUT2D eigenvalue weighted by Crippen LogP contribution is -2.62. The average Bonchev–Trinajstić information content (AvgIpc) is 3.11. The number of benzene rings is 2. The highest BCUT2D eigenvalue weighted by Crippen LogP contribution is 2.39. The Balaban J connectivity index is 1.68. The van der Waals surface area contributed by atoms with Crippen LogP contribution < -0.4 is 16.8 Å². The molecule has 0 radical (unpaired) electrons. The summed E-state index contributed by atoms with van der Waals surface area (Å²) < 4.78 is 21.7. The van der Waals surface area contributed by atoms with Crippen molar-refractivity contribution in [3.63, 3.8) is 0 Å². The quantitative estimate of drug-likeness (QED) is 0.0890. The molecule has 5 N–H and O–H groups in total. The Morgan fingerprint density at radius 3 is 2.24 bits per heavy atom. The minimum absolute atomic E-state index is 0.0788. The number of hydrogen-bond donors (Lipinski definition) is 3. The number of carbonyl (C=O) groups excluding carboxylic acids is 5. The summed E-state index contributed by atoms with van der Waals surface area (Å²) in [5.74, 6) is -2.02. The zero-order valence-electron chi connectivity index (χ0n) is 29.3. The van der Waals surface area contributed by atoms with E-state index in [4.69, 9.17) is 30.4 Å². The molecule has 0 spiro atoms. The van der Waals surface area contributed by atoms with Crippen molar-refractivity contribution in [3.05, 3.63) is 88.8 Å². The number of ketones is 1. The molecule has 51 heavy (non-hydrogen) atoms. The van der Waals surface area contributed by atoms with Crippen molar-refractivity contribution in [2.45, 2.75) is 71.1 Å². The average molecular weight is 704 g/mol. The number of ether oxygens (including phenoxy) is 4. The number of anilines is 1. The number of piperidine rings is 1. The number of para-hydroxylation sites is 1. The molecular formula is C37H45N5O9. The maximum absolute atomic E-state index is 14.2. The smallest absolute Gasteiger partial charge is 0.435 e. The van der Waals surface area contributed by atoms with Crippen LogP contribution in [0.4, 0.5) is 10.5 Å². The molecule has 2 aromatic carbocycles. The Kier molecular flexibility index (Phi) is 13.2. The van der Waals surface area contributed by atoms with Gasteiger partial charge in [0.25, 0.3) is 5.91 Å². The zero-order chi connectivity index (χ0) is 37.1. The third kappa shape index (κ3) is 9.47. The van der Waals surface area contributed by atoms with Crippen molar-refractivity contribution >= 4 is 41.2 Å². The number of hydrogen-bond acceptors (Lipinski definition) is 11. The van der Waals surface area contributed by atoms with E-state index in [1.54, 1.807) is 76.2 Å². The third-order valence-electron chi connectivity index (χ3n) is 8.46. The lowest BCUT2D eigenvalue weighted by Gasteiger charge is -2.48. The minimum atomic E-state index is -1.46. The first-order chi connectivity index (χ1) is 24.4. The number of carbonyl (C=O) groups is 5. The summed E-state index contributed by atoms with van der Waals surface area (Å²) in [6, 6.07) is 12.8. The number of amidine groups is 1. The van der Waals surface area contributed by atoms with Crippen molar-refractivity contribution in [1.29, 1.82) is 0 Å². The first-order valence-corrected chi connectivity index (χ1v) is 16.9. The molecule has 1 atom stereocenters. The Hall–Kier alpha value is -5.34. The molecule has 0 aromatic heterocycles. The molecule has 14 nitrogen and oxygen atoms in total. The summed E-state index contributed by atoms with van der Waals surface area (Å²) >= 11 is 0. The molecule has 1 heterocycles. The fourth-order valence-corrected chi connectivity index (χ4v) is 6.09. The second kappa shape index (κ2) is 17.5. The molecule has 272 valence electrons. The van der Waals surface area contributed by atoms with Crippen LogP contribution in [0.1, 0.15) is 79.7 Å². The highest BCUT2D eigenvalue weighted by atomic mass is 16.6. The summed E-state index contributed by atoms with van der Waals surface area (Å²) in [7, 11) is 0. The number of amides is 2. The molecule has 1 aliphatic heterocycles. The number of Topliss-reactive ketones (excluding diaryl/α,β-unsaturated/α-hetero) is 1. The van der Waals surface area contributed by atoms with E-state index in [2.05, 4.69) is 10.3 Å². The molecule has 2 aliphatic rings. The fraction of sp³-hybridized carbons (Fsp3) is 0.405. The summed E-state index contributed by atoms with van der Waals surface area (Å²) in [6.45, 7) is 7.47. The number of nitrogens with one attached hydrogen (secondary N) is 1. The normalized spacial score (nSPS) is 18.3. The zero-order valence-corrected chi connectivity index (χ0v) is 29.3. The number of likely N-dealkylation sites (tertiary alicyclic amines) is 1. The molecular weight excluding hydrogens is 658 g/mol. The van der Waals surface area contributed by atoms with E-state index in [1.165, 1.54) is 12.1 Å². The van der Waals surface area contributed by atoms with Crippen LogP contribution in [0.3, 0.4) is 0 Å².